The Morgan fingerprint density at radius 3 is 1.53 bits per heavy atom. The molecule has 1 unspecified atom stereocenters. The zero-order chi connectivity index (χ0) is 25.1. The van der Waals surface area contributed by atoms with Crippen molar-refractivity contribution in [2.24, 2.45) is 0 Å². The number of aliphatic hydroxyl groups excluding tert-OH is 2. The Labute approximate surface area is 212 Å². The lowest BCUT2D eigenvalue weighted by Gasteiger charge is -2.20. The first-order valence-corrected chi connectivity index (χ1v) is 14.9. The third-order valence-electron chi connectivity index (χ3n) is 6.77. The molecule has 202 valence electrons. The Balaban J connectivity index is 3.68. The summed E-state index contributed by atoms with van der Waals surface area (Å²) in [6.07, 6.45) is 29.9. The predicted molar refractivity (Wildman–Crippen MR) is 147 cm³/mol. The van der Waals surface area contributed by atoms with Crippen LogP contribution in [-0.4, -0.2) is 34.9 Å². The van der Waals surface area contributed by atoms with Crippen LogP contribution in [0.25, 0.3) is 0 Å². The van der Waals surface area contributed by atoms with Crippen molar-refractivity contribution in [1.29, 1.82) is 0 Å². The Hall–Kier alpha value is -0.870. The zero-order valence-corrected chi connectivity index (χ0v) is 22.9. The van der Waals surface area contributed by atoms with E-state index in [1.165, 1.54) is 109 Å². The van der Waals surface area contributed by atoms with Crippen LogP contribution in [-0.2, 0) is 4.79 Å². The second kappa shape index (κ2) is 26.7. The van der Waals surface area contributed by atoms with Crippen LogP contribution >= 0.6 is 0 Å². The molecule has 4 nitrogen and oxygen atoms in total. The van der Waals surface area contributed by atoms with Gasteiger partial charge in [0.25, 0.3) is 0 Å². The molecule has 0 aromatic heterocycles. The summed E-state index contributed by atoms with van der Waals surface area (Å²) in [4.78, 5) is 12.2. The normalized spacial score (nSPS) is 13.4. The van der Waals surface area contributed by atoms with Crippen molar-refractivity contribution in [1.82, 2.24) is 5.32 Å². The lowest BCUT2D eigenvalue weighted by molar-refractivity contribution is -0.123. The topological polar surface area (TPSA) is 69.6 Å². The number of hydrogen-bond donors (Lipinski definition) is 3. The molecule has 0 aliphatic heterocycles. The predicted octanol–water partition coefficient (Wildman–Crippen LogP) is 8.00. The summed E-state index contributed by atoms with van der Waals surface area (Å²) < 4.78 is 0. The number of carbonyl (C=O) groups is 1. The first-order valence-electron chi connectivity index (χ1n) is 14.9. The monoisotopic (exact) mass is 481 g/mol. The van der Waals surface area contributed by atoms with E-state index in [2.05, 4.69) is 19.2 Å². The third kappa shape index (κ3) is 22.9. The molecule has 0 saturated carbocycles. The fraction of sp³-hybridized carbons (Fsp3) is 0.900. The SMILES string of the molecule is CCCCCCCCCCCCC/C=C/C(O)[C@H](CO)NC(=O)CCCCCCCCCCC. The van der Waals surface area contributed by atoms with Crippen LogP contribution < -0.4 is 5.32 Å². The highest BCUT2D eigenvalue weighted by Crippen LogP contribution is 2.13. The number of allylic oxidation sites excluding steroid dienone is 1. The second-order valence-corrected chi connectivity index (χ2v) is 10.2. The van der Waals surface area contributed by atoms with Gasteiger partial charge in [0.15, 0.2) is 0 Å². The Morgan fingerprint density at radius 1 is 0.676 bits per heavy atom. The summed E-state index contributed by atoms with van der Waals surface area (Å²) in [5.74, 6) is -0.0696. The van der Waals surface area contributed by atoms with E-state index in [1.54, 1.807) is 6.08 Å². The van der Waals surface area contributed by atoms with Crippen LogP contribution in [0.5, 0.6) is 0 Å². The standard InChI is InChI=1S/C30H59NO3/c1-3-5-7-9-11-13-14-15-16-18-19-21-23-25-29(33)28(27-32)31-30(34)26-24-22-20-17-12-10-8-6-4-2/h23,25,28-29,32-33H,3-22,24,26-27H2,1-2H3,(H,31,34)/b25-23+/t28-,29?/m0/s1. The van der Waals surface area contributed by atoms with Gasteiger partial charge >= 0.3 is 0 Å². The molecule has 34 heavy (non-hydrogen) atoms. The largest absolute Gasteiger partial charge is 0.394 e. The molecule has 0 spiro atoms. The van der Waals surface area contributed by atoms with Crippen molar-refractivity contribution in [3.8, 4) is 0 Å². The van der Waals surface area contributed by atoms with Crippen molar-refractivity contribution in [3.05, 3.63) is 12.2 Å². The van der Waals surface area contributed by atoms with Crippen molar-refractivity contribution < 1.29 is 15.0 Å². The second-order valence-electron chi connectivity index (χ2n) is 10.2. The number of unbranched alkanes of at least 4 members (excludes halogenated alkanes) is 19. The van der Waals surface area contributed by atoms with E-state index in [1.807, 2.05) is 6.08 Å². The van der Waals surface area contributed by atoms with Crippen molar-refractivity contribution >= 4 is 5.91 Å². The highest BCUT2D eigenvalue weighted by molar-refractivity contribution is 5.76. The lowest BCUT2D eigenvalue weighted by Crippen LogP contribution is -2.45. The lowest BCUT2D eigenvalue weighted by atomic mass is 10.0. The average Bonchev–Trinajstić information content (AvgIpc) is 2.84. The quantitative estimate of drug-likeness (QED) is 0.0865. The number of hydrogen-bond acceptors (Lipinski definition) is 3. The summed E-state index contributed by atoms with van der Waals surface area (Å²) in [7, 11) is 0. The van der Waals surface area contributed by atoms with E-state index >= 15 is 0 Å². The van der Waals surface area contributed by atoms with Gasteiger partial charge in [-0.15, -0.1) is 0 Å². The minimum atomic E-state index is -0.829. The molecule has 4 heteroatoms. The smallest absolute Gasteiger partial charge is 0.220 e. The van der Waals surface area contributed by atoms with Gasteiger partial charge in [0, 0.05) is 6.42 Å². The molecule has 1 amide bonds. The zero-order valence-electron chi connectivity index (χ0n) is 22.9. The van der Waals surface area contributed by atoms with Crippen molar-refractivity contribution in [2.75, 3.05) is 6.61 Å². The summed E-state index contributed by atoms with van der Waals surface area (Å²) in [5, 5.41) is 22.7. The molecular formula is C30H59NO3. The number of amides is 1. The van der Waals surface area contributed by atoms with Gasteiger partial charge in [-0.2, -0.15) is 0 Å². The molecule has 0 aromatic rings. The number of aliphatic hydroxyl groups is 2. The Bertz CT molecular complexity index is 452. The molecule has 0 saturated heterocycles. The van der Waals surface area contributed by atoms with Crippen LogP contribution in [0.4, 0.5) is 0 Å². The van der Waals surface area contributed by atoms with Gasteiger partial charge in [0.1, 0.15) is 0 Å². The van der Waals surface area contributed by atoms with E-state index < -0.39 is 12.1 Å². The maximum atomic E-state index is 12.2. The molecule has 0 rings (SSSR count). The van der Waals surface area contributed by atoms with Crippen LogP contribution in [0.15, 0.2) is 12.2 Å². The molecule has 0 aliphatic rings. The minimum Gasteiger partial charge on any atom is -0.394 e. The fourth-order valence-electron chi connectivity index (χ4n) is 4.41. The minimum absolute atomic E-state index is 0.0696. The van der Waals surface area contributed by atoms with Gasteiger partial charge in [-0.1, -0.05) is 142 Å². The van der Waals surface area contributed by atoms with Crippen LogP contribution in [0.3, 0.4) is 0 Å². The molecular weight excluding hydrogens is 422 g/mol. The van der Waals surface area contributed by atoms with E-state index in [0.717, 1.165) is 25.7 Å². The van der Waals surface area contributed by atoms with Crippen molar-refractivity contribution in [2.45, 2.75) is 167 Å². The number of rotatable bonds is 26. The maximum absolute atomic E-state index is 12.2. The third-order valence-corrected chi connectivity index (χ3v) is 6.77. The van der Waals surface area contributed by atoms with Crippen molar-refractivity contribution in [3.63, 3.8) is 0 Å². The van der Waals surface area contributed by atoms with E-state index in [-0.39, 0.29) is 12.5 Å². The first kappa shape index (κ1) is 33.1. The maximum Gasteiger partial charge on any atom is 0.220 e. The van der Waals surface area contributed by atoms with Crippen LogP contribution in [0.2, 0.25) is 0 Å². The highest BCUT2D eigenvalue weighted by atomic mass is 16.3. The number of nitrogens with one attached hydrogen (secondary N) is 1. The van der Waals surface area contributed by atoms with Gasteiger partial charge < -0.3 is 15.5 Å². The van der Waals surface area contributed by atoms with E-state index in [9.17, 15) is 15.0 Å². The van der Waals surface area contributed by atoms with Gasteiger partial charge in [-0.05, 0) is 19.3 Å². The molecule has 0 bridgehead atoms. The molecule has 0 radical (unpaired) electrons. The fourth-order valence-corrected chi connectivity index (χ4v) is 4.41. The van der Waals surface area contributed by atoms with Crippen LogP contribution in [0, 0.1) is 0 Å². The van der Waals surface area contributed by atoms with Gasteiger partial charge in [0.05, 0.1) is 18.8 Å². The van der Waals surface area contributed by atoms with E-state index in [4.69, 9.17) is 0 Å². The molecule has 0 aromatic carbocycles. The summed E-state index contributed by atoms with van der Waals surface area (Å²) in [6.45, 7) is 4.26. The number of carbonyl (C=O) groups excluding carboxylic acids is 1. The molecule has 0 aliphatic carbocycles. The van der Waals surface area contributed by atoms with Crippen LogP contribution in [0.1, 0.15) is 155 Å². The summed E-state index contributed by atoms with van der Waals surface area (Å²) >= 11 is 0. The summed E-state index contributed by atoms with van der Waals surface area (Å²) in [6, 6.07) is -0.611. The van der Waals surface area contributed by atoms with E-state index in [0.29, 0.717) is 6.42 Å². The Morgan fingerprint density at radius 2 is 1.09 bits per heavy atom. The molecule has 3 N–H and O–H groups in total. The highest BCUT2D eigenvalue weighted by Gasteiger charge is 2.17. The molecule has 0 heterocycles. The Kier molecular flexibility index (Phi) is 26.0. The van der Waals surface area contributed by atoms with Gasteiger partial charge in [0.2, 0.25) is 5.91 Å². The summed E-state index contributed by atoms with van der Waals surface area (Å²) in [5.41, 5.74) is 0. The molecule has 0 fully saturated rings. The first-order chi connectivity index (χ1) is 16.7. The van der Waals surface area contributed by atoms with Gasteiger partial charge in [-0.3, -0.25) is 4.79 Å². The van der Waals surface area contributed by atoms with Gasteiger partial charge in [-0.25, -0.2) is 0 Å². The molecule has 2 atom stereocenters. The average molecular weight is 482 g/mol.